The average Bonchev–Trinajstić information content (AvgIpc) is 3.41. The van der Waals surface area contributed by atoms with Gasteiger partial charge in [0.05, 0.1) is 55.5 Å². The minimum atomic E-state index is -4.74. The van der Waals surface area contributed by atoms with Gasteiger partial charge in [-0.15, -0.1) is 0 Å². The molecule has 334 valence electrons. The van der Waals surface area contributed by atoms with Gasteiger partial charge in [-0.1, -0.05) is 39.0 Å². The van der Waals surface area contributed by atoms with Crippen LogP contribution in [0, 0.1) is 5.41 Å². The molecule has 3 heterocycles. The number of fused-ring (bicyclic) bond motifs is 3. The van der Waals surface area contributed by atoms with Crippen LogP contribution in [0.3, 0.4) is 0 Å². The normalized spacial score (nSPS) is 19.2. The summed E-state index contributed by atoms with van der Waals surface area (Å²) in [5.74, 6) is 0.825. The summed E-state index contributed by atoms with van der Waals surface area (Å²) in [6.45, 7) is 21.7. The number of hydrogen-bond acceptors (Lipinski definition) is 10. The Labute approximate surface area is 363 Å². The Morgan fingerprint density at radius 1 is 0.951 bits per heavy atom. The number of unbranched alkanes of at least 4 members (excludes halogenated alkanes) is 2. The van der Waals surface area contributed by atoms with Gasteiger partial charge in [0, 0.05) is 79.1 Å². The van der Waals surface area contributed by atoms with Crippen LogP contribution in [0.5, 0.6) is 5.75 Å². The van der Waals surface area contributed by atoms with Crippen molar-refractivity contribution in [3.05, 3.63) is 83.2 Å². The van der Waals surface area contributed by atoms with Crippen molar-refractivity contribution in [2.24, 2.45) is 5.41 Å². The highest BCUT2D eigenvalue weighted by Gasteiger charge is 2.47. The number of likely N-dealkylation sites (N-methyl/N-ethyl adjacent to an activating group) is 1. The lowest BCUT2D eigenvalue weighted by Crippen LogP contribution is -2.45. The van der Waals surface area contributed by atoms with E-state index < -0.39 is 21.5 Å². The van der Waals surface area contributed by atoms with Crippen LogP contribution in [0.25, 0.3) is 11.1 Å². The average molecular weight is 863 g/mol. The number of anilines is 1. The van der Waals surface area contributed by atoms with Crippen LogP contribution in [0.2, 0.25) is 0 Å². The number of carbonyl (C=O) groups is 1. The Bertz CT molecular complexity index is 2180. The molecular formula is C48H66N2O10S. The molecule has 5 rings (SSSR count). The number of methoxy groups -OCH3 is 1. The van der Waals surface area contributed by atoms with Crippen molar-refractivity contribution in [3.8, 4) is 5.75 Å². The minimum Gasteiger partial charge on any atom is -0.744 e. The third-order valence-electron chi connectivity index (χ3n) is 11.7. The molecule has 3 aliphatic heterocycles. The Morgan fingerprint density at radius 2 is 1.62 bits per heavy atom. The zero-order chi connectivity index (χ0) is 44.6. The van der Waals surface area contributed by atoms with Gasteiger partial charge >= 0.3 is 5.97 Å². The molecule has 3 aliphatic rings. The summed E-state index contributed by atoms with van der Waals surface area (Å²) >= 11 is 0. The maximum absolute atomic E-state index is 12.4. The second-order valence-electron chi connectivity index (χ2n) is 17.7. The quantitative estimate of drug-likeness (QED) is 0.0689. The predicted octanol–water partition coefficient (Wildman–Crippen LogP) is 8.66. The molecule has 0 spiro atoms. The molecule has 0 aromatic heterocycles. The molecule has 0 amide bonds. The molecule has 1 N–H and O–H groups in total. The van der Waals surface area contributed by atoms with E-state index >= 15 is 0 Å². The van der Waals surface area contributed by atoms with Gasteiger partial charge in [-0.2, -0.15) is 4.58 Å². The Balaban J connectivity index is 1.53. The summed E-state index contributed by atoms with van der Waals surface area (Å²) in [7, 11) is -3.11. The largest absolute Gasteiger partial charge is 0.744 e. The fourth-order valence-corrected chi connectivity index (χ4v) is 8.98. The number of aliphatic carboxylic acids is 1. The van der Waals surface area contributed by atoms with E-state index in [-0.39, 0.29) is 22.3 Å². The molecule has 1 unspecified atom stereocenters. The third-order valence-corrected chi connectivity index (χ3v) is 12.5. The summed E-state index contributed by atoms with van der Waals surface area (Å²) in [5, 5.41) is 9.25. The molecule has 2 aromatic carbocycles. The van der Waals surface area contributed by atoms with Crippen molar-refractivity contribution in [2.45, 2.75) is 103 Å². The van der Waals surface area contributed by atoms with Gasteiger partial charge in [0.1, 0.15) is 28.2 Å². The van der Waals surface area contributed by atoms with E-state index in [1.807, 2.05) is 6.08 Å². The number of carboxylic acid groups (broad SMARTS) is 1. The highest BCUT2D eigenvalue weighted by molar-refractivity contribution is 7.85. The molecule has 0 aliphatic carbocycles. The van der Waals surface area contributed by atoms with Gasteiger partial charge in [-0.05, 0) is 89.3 Å². The second-order valence-corrected chi connectivity index (χ2v) is 19.1. The number of ether oxygens (including phenoxy) is 5. The number of carboxylic acids is 1. The fraction of sp³-hybridized carbons (Fsp3) is 0.542. The van der Waals surface area contributed by atoms with Crippen molar-refractivity contribution in [3.63, 3.8) is 0 Å². The van der Waals surface area contributed by atoms with Crippen LogP contribution in [0.4, 0.5) is 11.4 Å². The minimum absolute atomic E-state index is 0.0903. The molecule has 1 atom stereocenters. The lowest BCUT2D eigenvalue weighted by Gasteiger charge is -2.43. The Morgan fingerprint density at radius 3 is 2.25 bits per heavy atom. The molecule has 0 bridgehead atoms. The van der Waals surface area contributed by atoms with Crippen LogP contribution in [-0.2, 0) is 39.3 Å². The number of rotatable bonds is 22. The number of hydrogen-bond donors (Lipinski definition) is 1. The SMILES string of the molecule is CCN1c2cc3c(cc2C(C)=CC1(C)C)/C(=C/C=C/C1=[N+](CCCCCC(=O)O)c2ccc(S(=O)(=O)[O-])cc2C1(C)CCOCCOCCOCCOC)C=C(C(C)(C)C)O3. The van der Waals surface area contributed by atoms with Gasteiger partial charge in [0.15, 0.2) is 5.71 Å². The molecule has 0 radical (unpaired) electrons. The summed E-state index contributed by atoms with van der Waals surface area (Å²) in [6, 6.07) is 9.00. The lowest BCUT2D eigenvalue weighted by molar-refractivity contribution is -0.438. The molecule has 2 aromatic rings. The van der Waals surface area contributed by atoms with Crippen molar-refractivity contribution in [1.82, 2.24) is 0 Å². The molecule has 61 heavy (non-hydrogen) atoms. The van der Waals surface area contributed by atoms with Crippen LogP contribution in [0.15, 0.2) is 71.4 Å². The summed E-state index contributed by atoms with van der Waals surface area (Å²) in [5.41, 5.74) is 6.78. The van der Waals surface area contributed by atoms with Crippen molar-refractivity contribution in [1.29, 1.82) is 0 Å². The first-order chi connectivity index (χ1) is 28.8. The number of nitrogens with zero attached hydrogens (tertiary/aromatic N) is 2. The summed E-state index contributed by atoms with van der Waals surface area (Å²) in [6.07, 6.45) is 13.2. The van der Waals surface area contributed by atoms with Gasteiger partial charge < -0.3 is 38.2 Å². The summed E-state index contributed by atoms with van der Waals surface area (Å²) in [4.78, 5) is 13.4. The van der Waals surface area contributed by atoms with E-state index in [0.29, 0.717) is 78.5 Å². The highest BCUT2D eigenvalue weighted by Crippen LogP contribution is 2.48. The van der Waals surface area contributed by atoms with E-state index in [9.17, 15) is 22.9 Å². The van der Waals surface area contributed by atoms with Crippen LogP contribution in [-0.4, -0.2) is 106 Å². The monoisotopic (exact) mass is 862 g/mol. The molecule has 0 saturated carbocycles. The third kappa shape index (κ3) is 11.7. The first kappa shape index (κ1) is 47.9. The number of benzene rings is 2. The van der Waals surface area contributed by atoms with Crippen molar-refractivity contribution < 1.29 is 51.1 Å². The zero-order valence-electron chi connectivity index (χ0n) is 37.6. The van der Waals surface area contributed by atoms with Gasteiger partial charge in [-0.3, -0.25) is 4.79 Å². The van der Waals surface area contributed by atoms with E-state index in [1.54, 1.807) is 13.2 Å². The molecule has 13 heteroatoms. The van der Waals surface area contributed by atoms with Gasteiger partial charge in [0.2, 0.25) is 5.69 Å². The van der Waals surface area contributed by atoms with E-state index in [1.165, 1.54) is 23.3 Å². The molecule has 0 fully saturated rings. The van der Waals surface area contributed by atoms with Crippen LogP contribution < -0.4 is 9.64 Å². The topological polar surface area (TPSA) is 147 Å². The molecule has 12 nitrogen and oxygen atoms in total. The smallest absolute Gasteiger partial charge is 0.303 e. The molecule has 0 saturated heterocycles. The Kier molecular flexibility index (Phi) is 16.0. The Hall–Kier alpha value is -4.11. The first-order valence-corrected chi connectivity index (χ1v) is 22.9. The van der Waals surface area contributed by atoms with E-state index in [4.69, 9.17) is 23.7 Å². The van der Waals surface area contributed by atoms with Crippen molar-refractivity contribution >= 4 is 44.3 Å². The predicted molar refractivity (Wildman–Crippen MR) is 239 cm³/mol. The molecular weight excluding hydrogens is 797 g/mol. The maximum Gasteiger partial charge on any atom is 0.303 e. The standard InChI is InChI=1S/C48H66N2O10S/c1-10-50-41-32-42-38(31-37(41)34(2)33-47(50,6)7)35(29-44(60-42)46(3,4)5)15-14-16-43-48(8,20-22-57-25-26-59-28-27-58-24-23-56-9)39-30-36(61(53,54)55)18-19-40(39)49(43)21-13-11-12-17-45(51)52/h14-16,18-19,29-33H,10-13,17,20-28H2,1-9H3,(H-,51,52,53,54,55). The first-order valence-electron chi connectivity index (χ1n) is 21.5. The van der Waals surface area contributed by atoms with Crippen LogP contribution >= 0.6 is 0 Å². The lowest BCUT2D eigenvalue weighted by atomic mass is 9.76. The second kappa shape index (κ2) is 20.4. The van der Waals surface area contributed by atoms with E-state index in [0.717, 1.165) is 51.8 Å². The van der Waals surface area contributed by atoms with Gasteiger partial charge in [0.25, 0.3) is 0 Å². The summed E-state index contributed by atoms with van der Waals surface area (Å²) < 4.78 is 68.2. The zero-order valence-corrected chi connectivity index (χ0v) is 38.4. The van der Waals surface area contributed by atoms with Crippen molar-refractivity contribution in [2.75, 3.05) is 71.3 Å². The maximum atomic E-state index is 12.4. The van der Waals surface area contributed by atoms with E-state index in [2.05, 4.69) is 101 Å². The highest BCUT2D eigenvalue weighted by atomic mass is 32.2. The van der Waals surface area contributed by atoms with Gasteiger partial charge in [-0.25, -0.2) is 8.42 Å². The van der Waals surface area contributed by atoms with Crippen LogP contribution in [0.1, 0.15) is 104 Å². The number of allylic oxidation sites excluding steroid dienone is 7. The fourth-order valence-electron chi connectivity index (χ4n) is 8.48.